The average Bonchev–Trinajstić information content (AvgIpc) is 3.12. The lowest BCUT2D eigenvalue weighted by Gasteiger charge is -2.27. The Morgan fingerprint density at radius 3 is 2.27 bits per heavy atom. The Bertz CT molecular complexity index is 1070. The Morgan fingerprint density at radius 2 is 1.62 bits per heavy atom. The average molecular weight is 516 g/mol. The SMILES string of the molecule is C#CCOCCOCCOCCOCCC(=O)Nc1cccc2c1C(=O)N(C1CCC(=O)NC1=O)C2=O. The van der Waals surface area contributed by atoms with Crippen LogP contribution in [0, 0.1) is 12.3 Å². The van der Waals surface area contributed by atoms with E-state index in [0.717, 1.165) is 4.90 Å². The first-order chi connectivity index (χ1) is 17.9. The van der Waals surface area contributed by atoms with Crippen molar-refractivity contribution in [1.82, 2.24) is 10.2 Å². The summed E-state index contributed by atoms with van der Waals surface area (Å²) in [6, 6.07) is 3.42. The summed E-state index contributed by atoms with van der Waals surface area (Å²) in [4.78, 5) is 62.8. The van der Waals surface area contributed by atoms with Gasteiger partial charge in [-0.05, 0) is 18.6 Å². The van der Waals surface area contributed by atoms with Gasteiger partial charge in [-0.2, -0.15) is 0 Å². The Hall–Kier alpha value is -3.63. The molecule has 0 saturated carbocycles. The van der Waals surface area contributed by atoms with Crippen LogP contribution in [0.25, 0.3) is 0 Å². The van der Waals surface area contributed by atoms with Crippen LogP contribution in [0.5, 0.6) is 0 Å². The number of carbonyl (C=O) groups is 5. The van der Waals surface area contributed by atoms with Gasteiger partial charge in [0.15, 0.2) is 0 Å². The molecule has 2 aliphatic heterocycles. The summed E-state index contributed by atoms with van der Waals surface area (Å²) in [5.41, 5.74) is 0.276. The number of hydrogen-bond acceptors (Lipinski definition) is 9. The van der Waals surface area contributed by atoms with Gasteiger partial charge in [-0.1, -0.05) is 12.0 Å². The lowest BCUT2D eigenvalue weighted by atomic mass is 10.0. The molecule has 37 heavy (non-hydrogen) atoms. The van der Waals surface area contributed by atoms with Crippen LogP contribution in [0.15, 0.2) is 18.2 Å². The molecule has 0 aromatic heterocycles. The molecule has 0 aliphatic carbocycles. The van der Waals surface area contributed by atoms with Crippen molar-refractivity contribution in [3.8, 4) is 12.3 Å². The number of ether oxygens (including phenoxy) is 4. The van der Waals surface area contributed by atoms with Gasteiger partial charge in [-0.3, -0.25) is 34.2 Å². The fourth-order valence-electron chi connectivity index (χ4n) is 3.79. The summed E-state index contributed by atoms with van der Waals surface area (Å²) in [6.07, 6.45) is 5.15. The maximum Gasteiger partial charge on any atom is 0.264 e. The second kappa shape index (κ2) is 14.2. The van der Waals surface area contributed by atoms with Gasteiger partial charge >= 0.3 is 0 Å². The van der Waals surface area contributed by atoms with Gasteiger partial charge in [0.1, 0.15) is 12.6 Å². The lowest BCUT2D eigenvalue weighted by molar-refractivity contribution is -0.136. The zero-order valence-corrected chi connectivity index (χ0v) is 20.3. The molecule has 3 rings (SSSR count). The highest BCUT2D eigenvalue weighted by atomic mass is 16.6. The van der Waals surface area contributed by atoms with Crippen molar-refractivity contribution in [2.45, 2.75) is 25.3 Å². The standard InChI is InChI=1S/C25H29N3O9/c1-2-9-34-11-13-36-15-16-37-14-12-35-10-8-21(30)26-18-5-3-4-17-22(18)25(33)28(24(17)32)19-6-7-20(29)27-23(19)31/h1,3-5,19H,6-16H2,(H,26,30)(H,27,29,31). The molecule has 1 aromatic carbocycles. The van der Waals surface area contributed by atoms with Crippen LogP contribution < -0.4 is 10.6 Å². The van der Waals surface area contributed by atoms with Gasteiger partial charge in [-0.25, -0.2) is 0 Å². The molecule has 2 heterocycles. The molecular formula is C25H29N3O9. The number of imide groups is 2. The third-order valence-electron chi connectivity index (χ3n) is 5.52. The molecule has 1 fully saturated rings. The predicted octanol–water partition coefficient (Wildman–Crippen LogP) is 0.116. The molecule has 2 aliphatic rings. The van der Waals surface area contributed by atoms with Crippen LogP contribution in [-0.2, 0) is 33.3 Å². The summed E-state index contributed by atoms with van der Waals surface area (Å²) < 4.78 is 21.1. The van der Waals surface area contributed by atoms with Crippen molar-refractivity contribution < 1.29 is 42.9 Å². The first-order valence-corrected chi connectivity index (χ1v) is 11.8. The van der Waals surface area contributed by atoms with E-state index in [1.165, 1.54) is 18.2 Å². The molecule has 0 bridgehead atoms. The summed E-state index contributed by atoms with van der Waals surface area (Å²) in [5, 5.41) is 4.78. The smallest absolute Gasteiger partial charge is 0.264 e. The molecule has 2 N–H and O–H groups in total. The minimum Gasteiger partial charge on any atom is -0.379 e. The predicted molar refractivity (Wildman–Crippen MR) is 128 cm³/mol. The van der Waals surface area contributed by atoms with E-state index in [2.05, 4.69) is 16.6 Å². The summed E-state index contributed by atoms with van der Waals surface area (Å²) in [7, 11) is 0. The number of nitrogens with zero attached hydrogens (tertiary/aromatic N) is 1. The fourth-order valence-corrected chi connectivity index (χ4v) is 3.79. The topological polar surface area (TPSA) is 150 Å². The second-order valence-electron chi connectivity index (χ2n) is 8.07. The van der Waals surface area contributed by atoms with Crippen molar-refractivity contribution >= 4 is 35.2 Å². The number of terminal acetylenes is 1. The van der Waals surface area contributed by atoms with Crippen molar-refractivity contribution in [2.75, 3.05) is 58.2 Å². The van der Waals surface area contributed by atoms with Gasteiger partial charge in [0.2, 0.25) is 17.7 Å². The number of amides is 5. The van der Waals surface area contributed by atoms with E-state index in [1.54, 1.807) is 0 Å². The van der Waals surface area contributed by atoms with Crippen LogP contribution in [-0.4, -0.2) is 93.3 Å². The molecule has 5 amide bonds. The van der Waals surface area contributed by atoms with E-state index in [4.69, 9.17) is 25.4 Å². The van der Waals surface area contributed by atoms with E-state index in [-0.39, 0.29) is 55.9 Å². The number of anilines is 1. The van der Waals surface area contributed by atoms with E-state index in [0.29, 0.717) is 33.0 Å². The molecule has 12 nitrogen and oxygen atoms in total. The van der Waals surface area contributed by atoms with Crippen molar-refractivity contribution in [2.24, 2.45) is 0 Å². The molecule has 0 spiro atoms. The van der Waals surface area contributed by atoms with E-state index in [9.17, 15) is 24.0 Å². The van der Waals surface area contributed by atoms with E-state index >= 15 is 0 Å². The quantitative estimate of drug-likeness (QED) is 0.189. The second-order valence-corrected chi connectivity index (χ2v) is 8.07. The third-order valence-corrected chi connectivity index (χ3v) is 5.52. The van der Waals surface area contributed by atoms with Gasteiger partial charge in [0.05, 0.1) is 69.5 Å². The number of carbonyl (C=O) groups excluding carboxylic acids is 5. The van der Waals surface area contributed by atoms with Gasteiger partial charge in [-0.15, -0.1) is 6.42 Å². The van der Waals surface area contributed by atoms with Crippen LogP contribution >= 0.6 is 0 Å². The number of fused-ring (bicyclic) bond motifs is 1. The number of benzene rings is 1. The highest BCUT2D eigenvalue weighted by Gasteiger charge is 2.45. The molecule has 0 radical (unpaired) electrons. The number of piperidine rings is 1. The molecule has 1 atom stereocenters. The lowest BCUT2D eigenvalue weighted by Crippen LogP contribution is -2.54. The maximum atomic E-state index is 13.0. The normalized spacial score (nSPS) is 16.9. The van der Waals surface area contributed by atoms with Crippen molar-refractivity contribution in [1.29, 1.82) is 0 Å². The van der Waals surface area contributed by atoms with Crippen LogP contribution in [0.3, 0.4) is 0 Å². The molecule has 1 saturated heterocycles. The molecule has 1 aromatic rings. The van der Waals surface area contributed by atoms with Gasteiger partial charge < -0.3 is 24.3 Å². The zero-order valence-electron chi connectivity index (χ0n) is 20.3. The Morgan fingerprint density at radius 1 is 0.973 bits per heavy atom. The largest absolute Gasteiger partial charge is 0.379 e. The molecule has 1 unspecified atom stereocenters. The molecular weight excluding hydrogens is 486 g/mol. The number of rotatable bonds is 15. The summed E-state index contributed by atoms with van der Waals surface area (Å²) >= 11 is 0. The first kappa shape index (κ1) is 27.9. The summed E-state index contributed by atoms with van der Waals surface area (Å²) in [5.74, 6) is -0.531. The van der Waals surface area contributed by atoms with Gasteiger partial charge in [0, 0.05) is 6.42 Å². The Labute approximate surface area is 213 Å². The number of nitrogens with one attached hydrogen (secondary N) is 2. The van der Waals surface area contributed by atoms with Gasteiger partial charge in [0.25, 0.3) is 11.8 Å². The highest BCUT2D eigenvalue weighted by Crippen LogP contribution is 2.32. The Kier molecular flexibility index (Phi) is 10.7. The van der Waals surface area contributed by atoms with Crippen molar-refractivity contribution in [3.05, 3.63) is 29.3 Å². The molecule has 12 heteroatoms. The van der Waals surface area contributed by atoms with E-state index < -0.39 is 35.6 Å². The monoisotopic (exact) mass is 515 g/mol. The molecule has 198 valence electrons. The van der Waals surface area contributed by atoms with E-state index in [1.807, 2.05) is 0 Å². The highest BCUT2D eigenvalue weighted by molar-refractivity contribution is 6.26. The van der Waals surface area contributed by atoms with Crippen LogP contribution in [0.1, 0.15) is 40.0 Å². The minimum atomic E-state index is -1.08. The zero-order chi connectivity index (χ0) is 26.6. The minimum absolute atomic E-state index is 0.0173. The Balaban J connectivity index is 1.38. The summed E-state index contributed by atoms with van der Waals surface area (Å²) in [6.45, 7) is 2.64. The van der Waals surface area contributed by atoms with Crippen LogP contribution in [0.4, 0.5) is 5.69 Å². The third kappa shape index (κ3) is 7.68. The first-order valence-electron chi connectivity index (χ1n) is 11.8. The number of hydrogen-bond donors (Lipinski definition) is 2. The van der Waals surface area contributed by atoms with Crippen molar-refractivity contribution in [3.63, 3.8) is 0 Å². The maximum absolute atomic E-state index is 13.0. The fraction of sp³-hybridized carbons (Fsp3) is 0.480. The van der Waals surface area contributed by atoms with Crippen LogP contribution in [0.2, 0.25) is 0 Å².